The summed E-state index contributed by atoms with van der Waals surface area (Å²) < 4.78 is 11.6. The molecule has 5 heterocycles. The van der Waals surface area contributed by atoms with E-state index in [9.17, 15) is 10.5 Å². The average Bonchev–Trinajstić information content (AvgIpc) is 4.15. The molecule has 4 aromatic carbocycles. The molecule has 0 amide bonds. The van der Waals surface area contributed by atoms with Crippen LogP contribution in [0.4, 0.5) is 0 Å². The van der Waals surface area contributed by atoms with E-state index in [0.717, 1.165) is 114 Å². The van der Waals surface area contributed by atoms with E-state index in [-0.39, 0.29) is 0 Å². The number of nitrogens with one attached hydrogen (secondary N) is 3. The highest BCUT2D eigenvalue weighted by atomic mass is 16.5. The predicted molar refractivity (Wildman–Crippen MR) is 241 cm³/mol. The molecule has 0 saturated carbocycles. The zero-order valence-electron chi connectivity index (χ0n) is 33.1. The molecule has 9 nitrogen and oxygen atoms in total. The number of H-pyrrole nitrogens is 2. The van der Waals surface area contributed by atoms with E-state index in [2.05, 4.69) is 82.0 Å². The molecule has 60 heavy (non-hydrogen) atoms. The van der Waals surface area contributed by atoms with Crippen molar-refractivity contribution in [2.45, 2.75) is 6.42 Å². The van der Waals surface area contributed by atoms with Gasteiger partial charge in [0, 0.05) is 44.3 Å². The van der Waals surface area contributed by atoms with Crippen molar-refractivity contribution < 1.29 is 9.47 Å². The molecule has 9 heteroatoms. The second-order valence-corrected chi connectivity index (χ2v) is 14.4. The molecule has 0 atom stereocenters. The van der Waals surface area contributed by atoms with Crippen molar-refractivity contribution in [3.63, 3.8) is 0 Å². The topological polar surface area (TPSA) is 135 Å². The molecule has 0 radical (unpaired) electrons. The van der Waals surface area contributed by atoms with Gasteiger partial charge in [-0.3, -0.25) is 0 Å². The molecule has 0 aliphatic carbocycles. The van der Waals surface area contributed by atoms with Gasteiger partial charge in [-0.15, -0.1) is 0 Å². The highest BCUT2D eigenvalue weighted by molar-refractivity contribution is 6.00. The Hall–Kier alpha value is -7.98. The number of benzene rings is 4. The standard InChI is InChI=1S/C51H39N7O2/c1-54-28-3-29-60-39-18-14-37(15-19-39)51-46-26-22-42(57-46)48(34-8-4-32(30-52)5-9-34)40-20-24-44(55-40)50(36-12-16-38(59-2)17-13-36)45-25-21-41(56-45)49(43-23-27-47(51)58-43)35-10-6-33(31-53)7-11-35/h4-27,54-55,58H,3,28-29H2,1-2H3. The number of nitriles is 2. The number of ether oxygens (including phenoxy) is 2. The van der Waals surface area contributed by atoms with Crippen LogP contribution in [0.5, 0.6) is 11.5 Å². The Morgan fingerprint density at radius 3 is 1.18 bits per heavy atom. The Morgan fingerprint density at radius 1 is 0.500 bits per heavy atom. The predicted octanol–water partition coefficient (Wildman–Crippen LogP) is 11.1. The minimum Gasteiger partial charge on any atom is -0.497 e. The number of hydrogen-bond donors (Lipinski definition) is 3. The highest BCUT2D eigenvalue weighted by Crippen LogP contribution is 2.39. The maximum Gasteiger partial charge on any atom is 0.119 e. The molecule has 0 fully saturated rings. The summed E-state index contributed by atoms with van der Waals surface area (Å²) in [4.78, 5) is 18.3. The minimum absolute atomic E-state index is 0.578. The first-order chi connectivity index (χ1) is 29.5. The van der Waals surface area contributed by atoms with Gasteiger partial charge in [0.1, 0.15) is 11.5 Å². The van der Waals surface area contributed by atoms with Crippen LogP contribution in [0.1, 0.15) is 40.3 Å². The van der Waals surface area contributed by atoms with Crippen molar-refractivity contribution in [1.29, 1.82) is 10.5 Å². The van der Waals surface area contributed by atoms with E-state index in [0.29, 0.717) is 17.7 Å². The number of rotatable bonds is 10. The Bertz CT molecular complexity index is 3000. The molecule has 9 rings (SSSR count). The molecule has 290 valence electrons. The van der Waals surface area contributed by atoms with Crippen LogP contribution in [0, 0.1) is 22.7 Å². The van der Waals surface area contributed by atoms with Gasteiger partial charge in [0.05, 0.1) is 59.8 Å². The summed E-state index contributed by atoms with van der Waals surface area (Å²) in [6.07, 6.45) is 9.12. The fourth-order valence-corrected chi connectivity index (χ4v) is 7.76. The van der Waals surface area contributed by atoms with Crippen LogP contribution in [0.15, 0.2) is 121 Å². The number of nitrogens with zero attached hydrogens (tertiary/aromatic N) is 4. The summed E-state index contributed by atoms with van der Waals surface area (Å²) >= 11 is 0. The molecule has 3 aromatic heterocycles. The molecule has 8 bridgehead atoms. The second kappa shape index (κ2) is 16.5. The summed E-state index contributed by atoms with van der Waals surface area (Å²) in [6.45, 7) is 1.50. The van der Waals surface area contributed by atoms with Crippen LogP contribution < -0.4 is 14.8 Å². The monoisotopic (exact) mass is 781 g/mol. The number of hydrogen-bond acceptors (Lipinski definition) is 7. The van der Waals surface area contributed by atoms with Crippen molar-refractivity contribution in [2.75, 3.05) is 27.3 Å². The van der Waals surface area contributed by atoms with Crippen LogP contribution in [-0.2, 0) is 0 Å². The SMILES string of the molecule is CNCCCOc1ccc(-c2c3nc(c(-c4ccc(C#N)cc4)c4ccc([nH]4)c(-c4ccc(OC)cc4)c4nc(c(-c5ccc(C#N)cc5)c5ccc2[nH]5)C=C4)C=C3)cc1. The van der Waals surface area contributed by atoms with Gasteiger partial charge < -0.3 is 24.8 Å². The quantitative estimate of drug-likeness (QED) is 0.118. The third-order valence-corrected chi connectivity index (χ3v) is 10.7. The zero-order chi connectivity index (χ0) is 41.0. The maximum absolute atomic E-state index is 9.65. The fourth-order valence-electron chi connectivity index (χ4n) is 7.76. The molecular formula is C51H39N7O2. The van der Waals surface area contributed by atoms with Gasteiger partial charge in [0.2, 0.25) is 0 Å². The summed E-state index contributed by atoms with van der Waals surface area (Å²) in [6, 6.07) is 44.2. The molecular weight excluding hydrogens is 743 g/mol. The molecule has 2 aliphatic rings. The van der Waals surface area contributed by atoms with Gasteiger partial charge in [0.15, 0.2) is 0 Å². The van der Waals surface area contributed by atoms with Gasteiger partial charge in [-0.2, -0.15) is 10.5 Å². The Morgan fingerprint density at radius 2 is 0.850 bits per heavy atom. The van der Waals surface area contributed by atoms with Crippen molar-refractivity contribution in [3.05, 3.63) is 155 Å². The molecule has 0 saturated heterocycles. The van der Waals surface area contributed by atoms with Gasteiger partial charge in [0.25, 0.3) is 0 Å². The summed E-state index contributed by atoms with van der Waals surface area (Å²) in [7, 11) is 3.60. The lowest BCUT2D eigenvalue weighted by molar-refractivity contribution is 0.310. The first-order valence-electron chi connectivity index (χ1n) is 19.7. The van der Waals surface area contributed by atoms with Gasteiger partial charge >= 0.3 is 0 Å². The summed E-state index contributed by atoms with van der Waals surface area (Å²) in [5.41, 5.74) is 15.1. The first-order valence-corrected chi connectivity index (χ1v) is 19.7. The van der Waals surface area contributed by atoms with Crippen LogP contribution in [-0.4, -0.2) is 47.2 Å². The average molecular weight is 782 g/mol. The van der Waals surface area contributed by atoms with E-state index in [4.69, 9.17) is 19.4 Å². The van der Waals surface area contributed by atoms with Crippen molar-refractivity contribution in [1.82, 2.24) is 25.3 Å². The molecule has 0 spiro atoms. The van der Waals surface area contributed by atoms with Crippen LogP contribution >= 0.6 is 0 Å². The number of fused-ring (bicyclic) bond motifs is 8. The molecule has 0 unspecified atom stereocenters. The van der Waals surface area contributed by atoms with E-state index in [1.807, 2.05) is 98.1 Å². The number of methoxy groups -OCH3 is 1. The Kier molecular flexibility index (Phi) is 10.3. The first kappa shape index (κ1) is 37.6. The van der Waals surface area contributed by atoms with Crippen molar-refractivity contribution in [2.24, 2.45) is 0 Å². The Balaban J connectivity index is 1.38. The van der Waals surface area contributed by atoms with Gasteiger partial charge in [-0.25, -0.2) is 9.97 Å². The van der Waals surface area contributed by atoms with Crippen LogP contribution in [0.25, 0.3) is 90.9 Å². The molecule has 7 aromatic rings. The largest absolute Gasteiger partial charge is 0.497 e. The normalized spacial score (nSPS) is 11.6. The van der Waals surface area contributed by atoms with E-state index in [1.165, 1.54) is 0 Å². The smallest absolute Gasteiger partial charge is 0.119 e. The summed E-state index contributed by atoms with van der Waals surface area (Å²) in [5.74, 6) is 1.55. The Labute approximate surface area is 347 Å². The lowest BCUT2D eigenvalue weighted by Crippen LogP contribution is -2.11. The fraction of sp³-hybridized carbons (Fsp3) is 0.0980. The number of aromatic nitrogens is 4. The van der Waals surface area contributed by atoms with Crippen molar-refractivity contribution in [3.8, 4) is 68.1 Å². The van der Waals surface area contributed by atoms with Crippen molar-refractivity contribution >= 4 is 46.4 Å². The van der Waals surface area contributed by atoms with E-state index in [1.54, 1.807) is 7.11 Å². The molecule has 3 N–H and O–H groups in total. The van der Waals surface area contributed by atoms with Gasteiger partial charge in [-0.1, -0.05) is 48.5 Å². The zero-order valence-corrected chi connectivity index (χ0v) is 33.1. The maximum atomic E-state index is 9.65. The van der Waals surface area contributed by atoms with E-state index >= 15 is 0 Å². The second-order valence-electron chi connectivity index (χ2n) is 14.4. The van der Waals surface area contributed by atoms with Crippen LogP contribution in [0.2, 0.25) is 0 Å². The minimum atomic E-state index is 0.578. The van der Waals surface area contributed by atoms with Crippen LogP contribution in [0.3, 0.4) is 0 Å². The lowest BCUT2D eigenvalue weighted by Gasteiger charge is -2.09. The van der Waals surface area contributed by atoms with Gasteiger partial charge in [-0.05, 0) is 139 Å². The summed E-state index contributed by atoms with van der Waals surface area (Å²) in [5, 5.41) is 22.5. The number of aromatic amines is 2. The third-order valence-electron chi connectivity index (χ3n) is 10.7. The molecule has 2 aliphatic heterocycles. The van der Waals surface area contributed by atoms with E-state index < -0.39 is 0 Å². The third kappa shape index (κ3) is 7.33. The lowest BCUT2D eigenvalue weighted by atomic mass is 10.0. The highest BCUT2D eigenvalue weighted by Gasteiger charge is 2.19.